The Balaban J connectivity index is 3.73. The Morgan fingerprint density at radius 1 is 1.50 bits per heavy atom. The van der Waals surface area contributed by atoms with E-state index in [1.165, 1.54) is 5.71 Å². The minimum Gasteiger partial charge on any atom is -0.290 e. The largest absolute Gasteiger partial charge is 0.290 e. The predicted molar refractivity (Wildman–Crippen MR) is 56.8 cm³/mol. The predicted octanol–water partition coefficient (Wildman–Crippen LogP) is 3.38. The monoisotopic (exact) mass is 165 g/mol. The van der Waals surface area contributed by atoms with E-state index in [0.29, 0.717) is 0 Å². The van der Waals surface area contributed by atoms with E-state index in [9.17, 15) is 0 Å². The Morgan fingerprint density at radius 2 is 2.25 bits per heavy atom. The maximum atomic E-state index is 4.40. The van der Waals surface area contributed by atoms with Gasteiger partial charge in [0.1, 0.15) is 0 Å². The highest BCUT2D eigenvalue weighted by molar-refractivity contribution is 5.84. The molecule has 0 amide bonds. The molecule has 0 saturated carbocycles. The average molecular weight is 165 g/mol. The lowest BCUT2D eigenvalue weighted by molar-refractivity contribution is 1.02. The van der Waals surface area contributed by atoms with Crippen molar-refractivity contribution in [1.29, 1.82) is 0 Å². The third-order valence-electron chi connectivity index (χ3n) is 1.69. The van der Waals surface area contributed by atoms with Gasteiger partial charge in [-0.25, -0.2) is 0 Å². The first-order valence-corrected chi connectivity index (χ1v) is 4.59. The van der Waals surface area contributed by atoms with Crippen molar-refractivity contribution in [1.82, 2.24) is 0 Å². The van der Waals surface area contributed by atoms with Crippen LogP contribution in [0.5, 0.6) is 0 Å². The molecule has 0 N–H and O–H groups in total. The fourth-order valence-electron chi connectivity index (χ4n) is 0.978. The summed E-state index contributed by atoms with van der Waals surface area (Å²) >= 11 is 0. The summed E-state index contributed by atoms with van der Waals surface area (Å²) in [7, 11) is 0. The van der Waals surface area contributed by atoms with Crippen LogP contribution in [0, 0.1) is 0 Å². The first-order valence-electron chi connectivity index (χ1n) is 4.59. The highest BCUT2D eigenvalue weighted by Crippen LogP contribution is 1.99. The average Bonchev–Trinajstić information content (AvgIpc) is 2.11. The van der Waals surface area contributed by atoms with Crippen LogP contribution in [-0.2, 0) is 0 Å². The van der Waals surface area contributed by atoms with Crippen molar-refractivity contribution >= 4 is 5.71 Å². The van der Waals surface area contributed by atoms with Crippen molar-refractivity contribution in [2.75, 3.05) is 6.54 Å². The van der Waals surface area contributed by atoms with Crippen LogP contribution in [0.1, 0.15) is 33.1 Å². The lowest BCUT2D eigenvalue weighted by atomic mass is 10.1. The summed E-state index contributed by atoms with van der Waals surface area (Å²) in [6, 6.07) is 0. The van der Waals surface area contributed by atoms with Gasteiger partial charge in [-0.3, -0.25) is 4.99 Å². The summed E-state index contributed by atoms with van der Waals surface area (Å²) in [4.78, 5) is 4.40. The molecule has 0 heterocycles. The van der Waals surface area contributed by atoms with E-state index in [1.807, 2.05) is 13.0 Å². The van der Waals surface area contributed by atoms with Crippen molar-refractivity contribution in [2.45, 2.75) is 33.1 Å². The Hall–Kier alpha value is -0.850. The lowest BCUT2D eigenvalue weighted by Gasteiger charge is -1.99. The molecule has 0 aliphatic carbocycles. The quantitative estimate of drug-likeness (QED) is 0.422. The van der Waals surface area contributed by atoms with Gasteiger partial charge in [0.25, 0.3) is 0 Å². The van der Waals surface area contributed by atoms with Crippen LogP contribution in [-0.4, -0.2) is 12.3 Å². The molecule has 0 aliphatic rings. The number of nitrogens with zero attached hydrogens (tertiary/aromatic N) is 1. The normalized spacial score (nSPS) is 12.3. The lowest BCUT2D eigenvalue weighted by Crippen LogP contribution is -1.96. The molecule has 0 aromatic carbocycles. The Kier molecular flexibility index (Phi) is 7.66. The van der Waals surface area contributed by atoms with Gasteiger partial charge in [0.15, 0.2) is 0 Å². The second kappa shape index (κ2) is 8.25. The zero-order valence-corrected chi connectivity index (χ0v) is 8.21. The molecule has 0 rings (SSSR count). The van der Waals surface area contributed by atoms with Crippen LogP contribution in [0.2, 0.25) is 0 Å². The molecule has 0 aliphatic heterocycles. The molecule has 0 bridgehead atoms. The molecule has 0 unspecified atom stereocenters. The summed E-state index contributed by atoms with van der Waals surface area (Å²) in [5.74, 6) is 0. The second-order valence-corrected chi connectivity index (χ2v) is 2.66. The number of hydrogen-bond donors (Lipinski definition) is 0. The Bertz CT molecular complexity index is 166. The number of rotatable bonds is 6. The van der Waals surface area contributed by atoms with Gasteiger partial charge >= 0.3 is 0 Å². The number of hydrogen-bond acceptors (Lipinski definition) is 1. The minimum absolute atomic E-state index is 0.763. The van der Waals surface area contributed by atoms with E-state index in [4.69, 9.17) is 0 Å². The highest BCUT2D eigenvalue weighted by atomic mass is 14.7. The minimum atomic E-state index is 0.763. The molecule has 0 fully saturated rings. The third kappa shape index (κ3) is 5.90. The van der Waals surface area contributed by atoms with Gasteiger partial charge < -0.3 is 0 Å². The van der Waals surface area contributed by atoms with Gasteiger partial charge in [0.2, 0.25) is 0 Å². The van der Waals surface area contributed by atoms with Crippen LogP contribution in [0.3, 0.4) is 0 Å². The molecular formula is C11H19N. The van der Waals surface area contributed by atoms with E-state index in [1.54, 1.807) is 0 Å². The van der Waals surface area contributed by atoms with Gasteiger partial charge in [-0.15, -0.1) is 6.58 Å². The Labute approximate surface area is 75.9 Å². The van der Waals surface area contributed by atoms with Gasteiger partial charge in [-0.05, 0) is 26.2 Å². The maximum absolute atomic E-state index is 4.40. The maximum Gasteiger partial charge on any atom is 0.0567 e. The fraction of sp³-hybridized carbons (Fsp3) is 0.545. The second-order valence-electron chi connectivity index (χ2n) is 2.66. The van der Waals surface area contributed by atoms with Gasteiger partial charge in [0.05, 0.1) is 6.54 Å². The highest BCUT2D eigenvalue weighted by Gasteiger charge is 1.92. The zero-order chi connectivity index (χ0) is 9.23. The smallest absolute Gasteiger partial charge is 0.0567 e. The summed E-state index contributed by atoms with van der Waals surface area (Å²) in [5.41, 5.74) is 1.30. The standard InChI is InChI=1S/C11H19N/c1-4-7-8-9-11(6-3)12-10-5-2/h4-5,7H,2,6,8-10H2,1,3H3/b7-4-,12-11?. The van der Waals surface area contributed by atoms with Gasteiger partial charge in [0, 0.05) is 5.71 Å². The van der Waals surface area contributed by atoms with Crippen LogP contribution < -0.4 is 0 Å². The summed E-state index contributed by atoms with van der Waals surface area (Å²) in [6.07, 6.45) is 9.37. The molecule has 1 nitrogen and oxygen atoms in total. The summed E-state index contributed by atoms with van der Waals surface area (Å²) in [6.45, 7) is 8.60. The van der Waals surface area contributed by atoms with Crippen LogP contribution in [0.25, 0.3) is 0 Å². The molecule has 0 atom stereocenters. The van der Waals surface area contributed by atoms with E-state index >= 15 is 0 Å². The fourth-order valence-corrected chi connectivity index (χ4v) is 0.978. The van der Waals surface area contributed by atoms with Crippen molar-refractivity contribution in [3.63, 3.8) is 0 Å². The molecule has 68 valence electrons. The topological polar surface area (TPSA) is 12.4 Å². The van der Waals surface area contributed by atoms with Crippen molar-refractivity contribution in [3.05, 3.63) is 24.8 Å². The van der Waals surface area contributed by atoms with E-state index in [-0.39, 0.29) is 0 Å². The SMILES string of the molecule is C=CCN=C(CC)CC/C=C\C. The van der Waals surface area contributed by atoms with Gasteiger partial charge in [-0.2, -0.15) is 0 Å². The van der Waals surface area contributed by atoms with Crippen molar-refractivity contribution in [3.8, 4) is 0 Å². The zero-order valence-electron chi connectivity index (χ0n) is 8.21. The van der Waals surface area contributed by atoms with Crippen LogP contribution >= 0.6 is 0 Å². The first-order chi connectivity index (χ1) is 5.85. The van der Waals surface area contributed by atoms with Crippen molar-refractivity contribution < 1.29 is 0 Å². The molecular weight excluding hydrogens is 146 g/mol. The molecule has 12 heavy (non-hydrogen) atoms. The number of aliphatic imine (C=N–C) groups is 1. The van der Waals surface area contributed by atoms with Crippen LogP contribution in [0.15, 0.2) is 29.8 Å². The molecule has 0 aromatic heterocycles. The first kappa shape index (κ1) is 11.2. The molecule has 0 saturated heterocycles. The molecule has 0 aromatic rings. The van der Waals surface area contributed by atoms with E-state index < -0.39 is 0 Å². The molecule has 1 heteroatoms. The Morgan fingerprint density at radius 3 is 2.75 bits per heavy atom. The molecule has 0 radical (unpaired) electrons. The van der Waals surface area contributed by atoms with E-state index in [2.05, 4.69) is 30.6 Å². The molecule has 0 spiro atoms. The van der Waals surface area contributed by atoms with Crippen LogP contribution in [0.4, 0.5) is 0 Å². The summed E-state index contributed by atoms with van der Waals surface area (Å²) < 4.78 is 0. The van der Waals surface area contributed by atoms with Crippen molar-refractivity contribution in [2.24, 2.45) is 4.99 Å². The number of allylic oxidation sites excluding steroid dienone is 2. The van der Waals surface area contributed by atoms with E-state index in [0.717, 1.165) is 25.8 Å². The third-order valence-corrected chi connectivity index (χ3v) is 1.69. The van der Waals surface area contributed by atoms with Gasteiger partial charge in [-0.1, -0.05) is 25.2 Å². The summed E-state index contributed by atoms with van der Waals surface area (Å²) in [5, 5.41) is 0.